The monoisotopic (exact) mass is 317 g/mol. The molecule has 2 aromatic rings. The van der Waals surface area contributed by atoms with Crippen molar-refractivity contribution in [3.8, 4) is 0 Å². The second-order valence-corrected chi connectivity index (χ2v) is 5.78. The second-order valence-electron chi connectivity index (χ2n) is 3.75. The molecule has 0 radical (unpaired) electrons. The van der Waals surface area contributed by atoms with Crippen molar-refractivity contribution in [1.82, 2.24) is 0 Å². The van der Waals surface area contributed by atoms with E-state index in [0.29, 0.717) is 4.47 Å². The van der Waals surface area contributed by atoms with Crippen LogP contribution in [0.4, 0.5) is 8.78 Å². The van der Waals surface area contributed by atoms with Crippen LogP contribution < -0.4 is 5.73 Å². The zero-order valence-electron chi connectivity index (χ0n) is 9.01. The summed E-state index contributed by atoms with van der Waals surface area (Å²) in [5.41, 5.74) is 6.53. The molecule has 0 fully saturated rings. The molecule has 2 rings (SSSR count). The molecule has 90 valence electrons. The van der Waals surface area contributed by atoms with E-state index in [1.54, 1.807) is 0 Å². The maximum Gasteiger partial charge on any atom is 0.132 e. The number of halogens is 3. The van der Waals surface area contributed by atoms with Crippen molar-refractivity contribution < 1.29 is 8.78 Å². The van der Waals surface area contributed by atoms with Crippen molar-refractivity contribution in [2.24, 2.45) is 5.73 Å². The maximum atomic E-state index is 13.7. The van der Waals surface area contributed by atoms with Gasteiger partial charge in [0, 0.05) is 14.9 Å². The van der Waals surface area contributed by atoms with Gasteiger partial charge in [0.25, 0.3) is 0 Å². The molecule has 1 unspecified atom stereocenters. The van der Waals surface area contributed by atoms with Crippen LogP contribution in [0, 0.1) is 18.6 Å². The summed E-state index contributed by atoms with van der Waals surface area (Å²) in [7, 11) is 0. The molecule has 1 heterocycles. The lowest BCUT2D eigenvalue weighted by atomic mass is 10.0. The lowest BCUT2D eigenvalue weighted by molar-refractivity contribution is 0.542. The molecule has 0 amide bonds. The fraction of sp³-hybridized carbons (Fsp3) is 0.167. The normalized spacial score (nSPS) is 12.8. The van der Waals surface area contributed by atoms with E-state index in [9.17, 15) is 8.78 Å². The Balaban J connectivity index is 2.47. The molecule has 0 saturated carbocycles. The van der Waals surface area contributed by atoms with Crippen molar-refractivity contribution >= 4 is 27.3 Å². The highest BCUT2D eigenvalue weighted by atomic mass is 79.9. The fourth-order valence-electron chi connectivity index (χ4n) is 1.64. The van der Waals surface area contributed by atoms with Gasteiger partial charge in [-0.05, 0) is 36.1 Å². The average molecular weight is 318 g/mol. The molecule has 0 aliphatic rings. The molecule has 1 atom stereocenters. The van der Waals surface area contributed by atoms with E-state index in [1.807, 2.05) is 18.4 Å². The van der Waals surface area contributed by atoms with Gasteiger partial charge in [-0.15, -0.1) is 11.3 Å². The summed E-state index contributed by atoms with van der Waals surface area (Å²) in [5.74, 6) is -1.26. The average Bonchev–Trinajstić information content (AvgIpc) is 2.63. The van der Waals surface area contributed by atoms with Gasteiger partial charge in [0.1, 0.15) is 11.6 Å². The Bertz CT molecular complexity index is 530. The third-order valence-corrected chi connectivity index (χ3v) is 3.80. The van der Waals surface area contributed by atoms with Crippen molar-refractivity contribution in [2.75, 3.05) is 0 Å². The molecule has 1 aromatic heterocycles. The summed E-state index contributed by atoms with van der Waals surface area (Å²) in [6, 6.07) is 3.51. The van der Waals surface area contributed by atoms with E-state index < -0.39 is 17.7 Å². The van der Waals surface area contributed by atoms with Gasteiger partial charge in [0.15, 0.2) is 0 Å². The first kappa shape index (κ1) is 12.7. The largest absolute Gasteiger partial charge is 0.320 e. The molecule has 0 aliphatic heterocycles. The Kier molecular flexibility index (Phi) is 3.61. The Morgan fingerprint density at radius 1 is 1.24 bits per heavy atom. The molecule has 5 heteroatoms. The molecule has 17 heavy (non-hydrogen) atoms. The summed E-state index contributed by atoms with van der Waals surface area (Å²) in [6.45, 7) is 1.93. The van der Waals surface area contributed by atoms with E-state index in [1.165, 1.54) is 23.5 Å². The maximum absolute atomic E-state index is 13.7. The van der Waals surface area contributed by atoms with Crippen LogP contribution in [0.25, 0.3) is 0 Å². The second kappa shape index (κ2) is 4.84. The highest BCUT2D eigenvalue weighted by molar-refractivity contribution is 9.10. The lowest BCUT2D eigenvalue weighted by Gasteiger charge is -2.13. The summed E-state index contributed by atoms with van der Waals surface area (Å²) in [6.07, 6.45) is 0. The van der Waals surface area contributed by atoms with Crippen molar-refractivity contribution in [3.63, 3.8) is 0 Å². The fourth-order valence-corrected chi connectivity index (χ4v) is 2.79. The Hall–Kier alpha value is -0.780. The van der Waals surface area contributed by atoms with Gasteiger partial charge in [-0.1, -0.05) is 15.9 Å². The van der Waals surface area contributed by atoms with Crippen LogP contribution in [-0.4, -0.2) is 0 Å². The highest BCUT2D eigenvalue weighted by Gasteiger charge is 2.19. The summed E-state index contributed by atoms with van der Waals surface area (Å²) < 4.78 is 27.8. The van der Waals surface area contributed by atoms with Crippen LogP contribution in [0.15, 0.2) is 28.1 Å². The predicted octanol–water partition coefficient (Wildman–Crippen LogP) is 4.15. The quantitative estimate of drug-likeness (QED) is 0.884. The van der Waals surface area contributed by atoms with Crippen molar-refractivity contribution in [3.05, 3.63) is 55.7 Å². The molecule has 1 nitrogen and oxygen atoms in total. The smallest absolute Gasteiger partial charge is 0.132 e. The number of benzene rings is 1. The number of hydrogen-bond acceptors (Lipinski definition) is 2. The first-order valence-electron chi connectivity index (χ1n) is 4.94. The number of aryl methyl sites for hydroxylation is 1. The predicted molar refractivity (Wildman–Crippen MR) is 69.1 cm³/mol. The Labute approximate surface area is 110 Å². The standard InChI is InChI=1S/C12H10BrF2NS/c1-6-2-7(5-17-6)12(16)11-9(14)3-8(13)4-10(11)15/h2-5,12H,16H2,1H3. The zero-order chi connectivity index (χ0) is 12.6. The SMILES string of the molecule is Cc1cc(C(N)c2c(F)cc(Br)cc2F)cs1. The first-order valence-corrected chi connectivity index (χ1v) is 6.61. The number of nitrogens with two attached hydrogens (primary N) is 1. The van der Waals surface area contributed by atoms with Gasteiger partial charge >= 0.3 is 0 Å². The van der Waals surface area contributed by atoms with Gasteiger partial charge in [0.2, 0.25) is 0 Å². The zero-order valence-corrected chi connectivity index (χ0v) is 11.4. The molecule has 1 aromatic carbocycles. The molecule has 0 aliphatic carbocycles. The third kappa shape index (κ3) is 2.56. The molecular formula is C12H10BrF2NS. The van der Waals surface area contributed by atoms with Gasteiger partial charge in [-0.25, -0.2) is 8.78 Å². The molecule has 0 bridgehead atoms. The Morgan fingerprint density at radius 3 is 2.29 bits per heavy atom. The lowest BCUT2D eigenvalue weighted by Crippen LogP contribution is -2.15. The summed E-state index contributed by atoms with van der Waals surface area (Å²) in [4.78, 5) is 1.06. The summed E-state index contributed by atoms with van der Waals surface area (Å²) in [5, 5.41) is 1.82. The van der Waals surface area contributed by atoms with Crippen LogP contribution in [0.2, 0.25) is 0 Å². The molecular weight excluding hydrogens is 308 g/mol. The van der Waals surface area contributed by atoms with E-state index in [-0.39, 0.29) is 5.56 Å². The van der Waals surface area contributed by atoms with Crippen LogP contribution in [0.1, 0.15) is 22.0 Å². The Morgan fingerprint density at radius 2 is 1.82 bits per heavy atom. The topological polar surface area (TPSA) is 26.0 Å². The first-order chi connectivity index (χ1) is 7.99. The molecule has 0 saturated heterocycles. The number of hydrogen-bond donors (Lipinski definition) is 1. The van der Waals surface area contributed by atoms with Gasteiger partial charge in [-0.2, -0.15) is 0 Å². The van der Waals surface area contributed by atoms with Crippen molar-refractivity contribution in [2.45, 2.75) is 13.0 Å². The van der Waals surface area contributed by atoms with E-state index in [2.05, 4.69) is 15.9 Å². The molecule has 2 N–H and O–H groups in total. The van der Waals surface area contributed by atoms with Gasteiger partial charge in [0.05, 0.1) is 6.04 Å². The minimum atomic E-state index is -0.770. The third-order valence-electron chi connectivity index (χ3n) is 2.46. The highest BCUT2D eigenvalue weighted by Crippen LogP contribution is 2.29. The van der Waals surface area contributed by atoms with Crippen molar-refractivity contribution in [1.29, 1.82) is 0 Å². The minimum absolute atomic E-state index is 0.0917. The van der Waals surface area contributed by atoms with E-state index >= 15 is 0 Å². The van der Waals surface area contributed by atoms with Crippen LogP contribution in [-0.2, 0) is 0 Å². The van der Waals surface area contributed by atoms with Crippen LogP contribution in [0.5, 0.6) is 0 Å². The minimum Gasteiger partial charge on any atom is -0.320 e. The van der Waals surface area contributed by atoms with E-state index in [4.69, 9.17) is 5.73 Å². The van der Waals surface area contributed by atoms with Crippen LogP contribution >= 0.6 is 27.3 Å². The molecule has 0 spiro atoms. The van der Waals surface area contributed by atoms with Gasteiger partial charge < -0.3 is 5.73 Å². The number of rotatable bonds is 2. The summed E-state index contributed by atoms with van der Waals surface area (Å²) >= 11 is 4.55. The van der Waals surface area contributed by atoms with Gasteiger partial charge in [-0.3, -0.25) is 0 Å². The van der Waals surface area contributed by atoms with E-state index in [0.717, 1.165) is 10.4 Å². The van der Waals surface area contributed by atoms with Crippen LogP contribution in [0.3, 0.4) is 0 Å². The number of thiophene rings is 1.